The third kappa shape index (κ3) is 4.06. The van der Waals surface area contributed by atoms with E-state index in [0.717, 1.165) is 25.7 Å². The van der Waals surface area contributed by atoms with E-state index < -0.39 is 15.7 Å². The third-order valence-corrected chi connectivity index (χ3v) is 7.17. The van der Waals surface area contributed by atoms with Crippen LogP contribution < -0.4 is 0 Å². The van der Waals surface area contributed by atoms with Gasteiger partial charge in [0.1, 0.15) is 12.4 Å². The highest BCUT2D eigenvalue weighted by molar-refractivity contribution is 7.91. The summed E-state index contributed by atoms with van der Waals surface area (Å²) in [7, 11) is -3.09. The summed E-state index contributed by atoms with van der Waals surface area (Å²) in [6, 6.07) is 5.63. The normalized spacial score (nSPS) is 21.8. The highest BCUT2D eigenvalue weighted by Crippen LogP contribution is 2.29. The molecule has 0 radical (unpaired) electrons. The fourth-order valence-electron chi connectivity index (χ4n) is 4.14. The maximum absolute atomic E-state index is 13.4. The van der Waals surface area contributed by atoms with E-state index in [0.29, 0.717) is 12.0 Å². The molecular weight excluding hydrogens is 385 g/mol. The van der Waals surface area contributed by atoms with Crippen LogP contribution >= 0.6 is 0 Å². The van der Waals surface area contributed by atoms with Crippen LogP contribution in [0.15, 0.2) is 24.3 Å². The second-order valence-electron chi connectivity index (χ2n) is 7.45. The Labute approximate surface area is 162 Å². The molecule has 10 heteroatoms. The molecule has 2 aliphatic rings. The lowest BCUT2D eigenvalue weighted by Crippen LogP contribution is -2.48. The van der Waals surface area contributed by atoms with Crippen molar-refractivity contribution < 1.29 is 17.6 Å². The van der Waals surface area contributed by atoms with Gasteiger partial charge in [-0.05, 0) is 36.6 Å². The highest BCUT2D eigenvalue weighted by atomic mass is 32.2. The van der Waals surface area contributed by atoms with Gasteiger partial charge in [-0.3, -0.25) is 4.79 Å². The summed E-state index contributed by atoms with van der Waals surface area (Å²) in [5, 5.41) is 12.0. The summed E-state index contributed by atoms with van der Waals surface area (Å²) >= 11 is 0. The molecule has 0 N–H and O–H groups in total. The molecule has 1 aromatic heterocycles. The van der Waals surface area contributed by atoms with Crippen molar-refractivity contribution in [2.45, 2.75) is 50.7 Å². The van der Waals surface area contributed by atoms with E-state index in [2.05, 4.69) is 15.4 Å². The lowest BCUT2D eigenvalue weighted by molar-refractivity contribution is -0.136. The molecule has 1 saturated carbocycles. The minimum absolute atomic E-state index is 0.0224. The molecule has 150 valence electrons. The van der Waals surface area contributed by atoms with Crippen LogP contribution in [-0.4, -0.2) is 63.0 Å². The fraction of sp³-hybridized carbons (Fsp3) is 0.556. The molecule has 1 aliphatic heterocycles. The molecule has 1 saturated heterocycles. The minimum Gasteiger partial charge on any atom is -0.334 e. The second-order valence-corrected chi connectivity index (χ2v) is 9.68. The van der Waals surface area contributed by atoms with E-state index in [1.807, 2.05) is 0 Å². The number of sulfone groups is 1. The first-order chi connectivity index (χ1) is 13.4. The standard InChI is InChI=1S/C18H22FN5O3S/c19-14-5-3-4-13(10-14)18-20-22-23(21-18)11-17(25)24(15-6-1-2-7-15)16-8-9-28(26,27)12-16/h3-5,10,15-16H,1-2,6-9,11-12H2/t16-/m0/s1. The van der Waals surface area contributed by atoms with E-state index in [9.17, 15) is 17.6 Å². The molecule has 1 aliphatic carbocycles. The van der Waals surface area contributed by atoms with Gasteiger partial charge in [-0.25, -0.2) is 12.8 Å². The van der Waals surface area contributed by atoms with Crippen LogP contribution in [0.3, 0.4) is 0 Å². The SMILES string of the molecule is O=C(Cn1nnc(-c2cccc(F)c2)n1)N(C1CCCC1)[C@H]1CCS(=O)(=O)C1. The zero-order chi connectivity index (χ0) is 19.7. The number of aromatic nitrogens is 4. The lowest BCUT2D eigenvalue weighted by Gasteiger charge is -2.33. The van der Waals surface area contributed by atoms with Crippen molar-refractivity contribution in [3.63, 3.8) is 0 Å². The average Bonchev–Trinajstić information content (AvgIpc) is 3.37. The number of amides is 1. The van der Waals surface area contributed by atoms with Crippen molar-refractivity contribution in [3.8, 4) is 11.4 Å². The van der Waals surface area contributed by atoms with Crippen LogP contribution in [0.2, 0.25) is 0 Å². The van der Waals surface area contributed by atoms with E-state index >= 15 is 0 Å². The number of hydrogen-bond donors (Lipinski definition) is 0. The van der Waals surface area contributed by atoms with Crippen LogP contribution in [0.1, 0.15) is 32.1 Å². The van der Waals surface area contributed by atoms with Crippen LogP contribution in [0.4, 0.5) is 4.39 Å². The van der Waals surface area contributed by atoms with Gasteiger partial charge in [-0.2, -0.15) is 4.80 Å². The number of benzene rings is 1. The maximum atomic E-state index is 13.4. The molecule has 2 fully saturated rings. The van der Waals surface area contributed by atoms with Crippen molar-refractivity contribution in [2.24, 2.45) is 0 Å². The Kier molecular flexibility index (Phi) is 5.13. The quantitative estimate of drug-likeness (QED) is 0.744. The summed E-state index contributed by atoms with van der Waals surface area (Å²) in [5.74, 6) is -0.214. The van der Waals surface area contributed by atoms with Crippen LogP contribution in [0.5, 0.6) is 0 Å². The Balaban J connectivity index is 1.51. The van der Waals surface area contributed by atoms with Gasteiger partial charge in [-0.1, -0.05) is 25.0 Å². The monoisotopic (exact) mass is 407 g/mol. The van der Waals surface area contributed by atoms with E-state index in [-0.39, 0.29) is 41.9 Å². The van der Waals surface area contributed by atoms with Crippen LogP contribution in [-0.2, 0) is 21.2 Å². The summed E-state index contributed by atoms with van der Waals surface area (Å²) in [6.07, 6.45) is 4.34. The van der Waals surface area contributed by atoms with Gasteiger partial charge < -0.3 is 4.90 Å². The number of carbonyl (C=O) groups excluding carboxylic acids is 1. The maximum Gasteiger partial charge on any atom is 0.246 e. The first kappa shape index (κ1) is 19.0. The van der Waals surface area contributed by atoms with Gasteiger partial charge in [-0.15, -0.1) is 10.2 Å². The molecular formula is C18H22FN5O3S. The number of tetrazole rings is 1. The Morgan fingerprint density at radius 3 is 2.68 bits per heavy atom. The summed E-state index contributed by atoms with van der Waals surface area (Å²) in [5.41, 5.74) is 0.480. The molecule has 1 amide bonds. The second kappa shape index (κ2) is 7.57. The molecule has 2 heterocycles. The molecule has 0 unspecified atom stereocenters. The number of rotatable bonds is 5. The highest BCUT2D eigenvalue weighted by Gasteiger charge is 2.39. The smallest absolute Gasteiger partial charge is 0.246 e. The molecule has 1 atom stereocenters. The van der Waals surface area contributed by atoms with Crippen molar-refractivity contribution in [1.82, 2.24) is 25.1 Å². The zero-order valence-corrected chi connectivity index (χ0v) is 16.2. The Morgan fingerprint density at radius 2 is 2.00 bits per heavy atom. The van der Waals surface area contributed by atoms with E-state index in [1.54, 1.807) is 17.0 Å². The van der Waals surface area contributed by atoms with E-state index in [4.69, 9.17) is 0 Å². The van der Waals surface area contributed by atoms with Crippen LogP contribution in [0, 0.1) is 5.82 Å². The molecule has 0 spiro atoms. The third-order valence-electron chi connectivity index (χ3n) is 5.42. The number of halogens is 1. The van der Waals surface area contributed by atoms with E-state index in [1.165, 1.54) is 16.9 Å². The van der Waals surface area contributed by atoms with Gasteiger partial charge in [0.05, 0.1) is 11.5 Å². The first-order valence-electron chi connectivity index (χ1n) is 9.47. The molecule has 4 rings (SSSR count). The Hall–Kier alpha value is -2.36. The van der Waals surface area contributed by atoms with Crippen LogP contribution in [0.25, 0.3) is 11.4 Å². The molecule has 0 bridgehead atoms. The van der Waals surface area contributed by atoms with Crippen molar-refractivity contribution in [2.75, 3.05) is 11.5 Å². The van der Waals surface area contributed by atoms with Crippen molar-refractivity contribution in [3.05, 3.63) is 30.1 Å². The Morgan fingerprint density at radius 1 is 1.21 bits per heavy atom. The van der Waals surface area contributed by atoms with Crippen molar-refractivity contribution >= 4 is 15.7 Å². The predicted molar refractivity (Wildman–Crippen MR) is 99.4 cm³/mol. The largest absolute Gasteiger partial charge is 0.334 e. The minimum atomic E-state index is -3.09. The van der Waals surface area contributed by atoms with Gasteiger partial charge >= 0.3 is 0 Å². The van der Waals surface area contributed by atoms with Gasteiger partial charge in [0, 0.05) is 17.6 Å². The topological polar surface area (TPSA) is 98.1 Å². The molecule has 1 aromatic carbocycles. The molecule has 8 nitrogen and oxygen atoms in total. The fourth-order valence-corrected chi connectivity index (χ4v) is 5.85. The predicted octanol–water partition coefficient (Wildman–Crippen LogP) is 1.44. The summed E-state index contributed by atoms with van der Waals surface area (Å²) in [4.78, 5) is 16.0. The van der Waals surface area contributed by atoms with Gasteiger partial charge in [0.25, 0.3) is 0 Å². The number of hydrogen-bond acceptors (Lipinski definition) is 6. The average molecular weight is 407 g/mol. The van der Waals surface area contributed by atoms with Gasteiger partial charge in [0.2, 0.25) is 11.7 Å². The summed E-state index contributed by atoms with van der Waals surface area (Å²) in [6.45, 7) is -0.116. The van der Waals surface area contributed by atoms with Gasteiger partial charge in [0.15, 0.2) is 9.84 Å². The number of nitrogens with zero attached hydrogens (tertiary/aromatic N) is 5. The zero-order valence-electron chi connectivity index (χ0n) is 15.4. The molecule has 2 aromatic rings. The van der Waals surface area contributed by atoms with Crippen molar-refractivity contribution in [1.29, 1.82) is 0 Å². The summed E-state index contributed by atoms with van der Waals surface area (Å²) < 4.78 is 37.2. The number of carbonyl (C=O) groups is 1. The first-order valence-corrected chi connectivity index (χ1v) is 11.3. The Bertz CT molecular complexity index is 971. The lowest BCUT2D eigenvalue weighted by atomic mass is 10.1. The molecule has 28 heavy (non-hydrogen) atoms.